The average Bonchev–Trinajstić information content (AvgIpc) is 2.58. The first-order chi connectivity index (χ1) is 11.8. The van der Waals surface area contributed by atoms with Crippen LogP contribution in [-0.4, -0.2) is 62.5 Å². The highest BCUT2D eigenvalue weighted by atomic mass is 35.5. The smallest absolute Gasteiger partial charge is 0.310 e. The second kappa shape index (κ2) is 10.9. The molecule has 0 fully saturated rings. The molecule has 6 heteroatoms. The summed E-state index contributed by atoms with van der Waals surface area (Å²) in [5.74, 6) is -0.797. The number of methoxy groups -OCH3 is 1. The van der Waals surface area contributed by atoms with E-state index >= 15 is 0 Å². The Morgan fingerprint density at radius 2 is 1.84 bits per heavy atom. The molecule has 0 spiro atoms. The molecule has 5 nitrogen and oxygen atoms in total. The predicted molar refractivity (Wildman–Crippen MR) is 101 cm³/mol. The van der Waals surface area contributed by atoms with Gasteiger partial charge in [-0.05, 0) is 50.8 Å². The quantitative estimate of drug-likeness (QED) is 0.498. The fourth-order valence-corrected chi connectivity index (χ4v) is 2.45. The number of amides is 1. The number of esters is 1. The van der Waals surface area contributed by atoms with Crippen molar-refractivity contribution < 1.29 is 14.3 Å². The van der Waals surface area contributed by atoms with Gasteiger partial charge in [0, 0.05) is 24.2 Å². The van der Waals surface area contributed by atoms with Gasteiger partial charge in [-0.2, -0.15) is 0 Å². The summed E-state index contributed by atoms with van der Waals surface area (Å²) >= 11 is 5.86. The van der Waals surface area contributed by atoms with E-state index in [1.807, 2.05) is 26.2 Å². The molecule has 1 rings (SSSR count). The number of ether oxygens (including phenoxy) is 1. The molecule has 0 saturated heterocycles. The number of rotatable bonds is 9. The predicted octanol–water partition coefficient (Wildman–Crippen LogP) is 2.94. The van der Waals surface area contributed by atoms with Gasteiger partial charge in [-0.1, -0.05) is 30.7 Å². The summed E-state index contributed by atoms with van der Waals surface area (Å²) in [6, 6.07) is 7.25. The Bertz CT molecular complexity index is 585. The Balaban J connectivity index is 2.75. The topological polar surface area (TPSA) is 49.9 Å². The number of carbonyl (C=O) groups excluding carboxylic acids is 2. The first kappa shape index (κ1) is 21.2. The zero-order chi connectivity index (χ0) is 18.8. The van der Waals surface area contributed by atoms with Crippen LogP contribution in [-0.2, 0) is 14.3 Å². The lowest BCUT2D eigenvalue weighted by Gasteiger charge is -2.24. The zero-order valence-electron chi connectivity index (χ0n) is 15.4. The maximum absolute atomic E-state index is 12.6. The molecule has 0 radical (unpaired) electrons. The molecule has 0 aliphatic heterocycles. The first-order valence-electron chi connectivity index (χ1n) is 8.28. The molecule has 25 heavy (non-hydrogen) atoms. The van der Waals surface area contributed by atoms with E-state index in [1.165, 1.54) is 13.2 Å². The van der Waals surface area contributed by atoms with Gasteiger partial charge in [0.25, 0.3) is 0 Å². The van der Waals surface area contributed by atoms with E-state index < -0.39 is 0 Å². The summed E-state index contributed by atoms with van der Waals surface area (Å²) in [5, 5.41) is 0.653. The fraction of sp³-hybridized carbons (Fsp3) is 0.474. The van der Waals surface area contributed by atoms with Gasteiger partial charge < -0.3 is 14.5 Å². The number of hydrogen-bond acceptors (Lipinski definition) is 4. The highest BCUT2D eigenvalue weighted by molar-refractivity contribution is 6.30. The third-order valence-corrected chi connectivity index (χ3v) is 3.98. The van der Waals surface area contributed by atoms with E-state index in [0.717, 1.165) is 18.5 Å². The molecule has 1 aromatic rings. The van der Waals surface area contributed by atoms with Crippen LogP contribution in [0.5, 0.6) is 0 Å². The maximum Gasteiger partial charge on any atom is 0.310 e. The minimum atomic E-state index is -0.364. The summed E-state index contributed by atoms with van der Waals surface area (Å²) in [5.41, 5.74) is 0.895. The molecule has 0 aliphatic carbocycles. The minimum absolute atomic E-state index is 0.121. The van der Waals surface area contributed by atoms with Crippen molar-refractivity contribution >= 4 is 29.6 Å². The molecule has 0 heterocycles. The van der Waals surface area contributed by atoms with Crippen molar-refractivity contribution in [1.82, 2.24) is 9.80 Å². The second-order valence-corrected chi connectivity index (χ2v) is 6.69. The van der Waals surface area contributed by atoms with Crippen LogP contribution in [0.1, 0.15) is 18.9 Å². The highest BCUT2D eigenvalue weighted by Gasteiger charge is 2.20. The molecular weight excluding hydrogens is 340 g/mol. The summed E-state index contributed by atoms with van der Waals surface area (Å²) in [7, 11) is 5.34. The van der Waals surface area contributed by atoms with Gasteiger partial charge in [-0.25, -0.2) is 0 Å². The van der Waals surface area contributed by atoms with E-state index in [-0.39, 0.29) is 17.8 Å². The van der Waals surface area contributed by atoms with E-state index in [1.54, 1.807) is 30.0 Å². The van der Waals surface area contributed by atoms with E-state index in [9.17, 15) is 9.59 Å². The Morgan fingerprint density at radius 1 is 1.20 bits per heavy atom. The van der Waals surface area contributed by atoms with Crippen molar-refractivity contribution in [3.8, 4) is 0 Å². The first-order valence-corrected chi connectivity index (χ1v) is 8.66. The van der Waals surface area contributed by atoms with Gasteiger partial charge in [0.05, 0.1) is 13.0 Å². The van der Waals surface area contributed by atoms with Gasteiger partial charge in [-0.3, -0.25) is 9.59 Å². The van der Waals surface area contributed by atoms with Crippen molar-refractivity contribution in [3.05, 3.63) is 40.9 Å². The molecule has 0 bridgehead atoms. The van der Waals surface area contributed by atoms with Crippen molar-refractivity contribution in [1.29, 1.82) is 0 Å². The normalized spacial score (nSPS) is 12.4. The van der Waals surface area contributed by atoms with Crippen LogP contribution >= 0.6 is 11.6 Å². The number of nitrogens with zero attached hydrogens (tertiary/aromatic N) is 2. The van der Waals surface area contributed by atoms with Crippen LogP contribution in [0.4, 0.5) is 0 Å². The van der Waals surface area contributed by atoms with E-state index in [0.29, 0.717) is 18.1 Å². The molecule has 1 unspecified atom stereocenters. The van der Waals surface area contributed by atoms with Crippen LogP contribution in [0.3, 0.4) is 0 Å². The molecule has 0 aromatic heterocycles. The van der Waals surface area contributed by atoms with Gasteiger partial charge in [0.1, 0.15) is 0 Å². The van der Waals surface area contributed by atoms with Crippen LogP contribution in [0.15, 0.2) is 30.3 Å². The zero-order valence-corrected chi connectivity index (χ0v) is 16.1. The number of hydrogen-bond donors (Lipinski definition) is 0. The fourth-order valence-electron chi connectivity index (χ4n) is 2.32. The Hall–Kier alpha value is -1.85. The largest absolute Gasteiger partial charge is 0.469 e. The monoisotopic (exact) mass is 366 g/mol. The van der Waals surface area contributed by atoms with Gasteiger partial charge in [0.15, 0.2) is 0 Å². The van der Waals surface area contributed by atoms with Crippen LogP contribution in [0.2, 0.25) is 5.02 Å². The molecule has 1 aromatic carbocycles. The summed E-state index contributed by atoms with van der Waals surface area (Å²) in [4.78, 5) is 28.0. The molecule has 0 N–H and O–H groups in total. The number of halogens is 1. The van der Waals surface area contributed by atoms with E-state index in [4.69, 9.17) is 16.3 Å². The second-order valence-electron chi connectivity index (χ2n) is 6.25. The number of benzene rings is 1. The van der Waals surface area contributed by atoms with Crippen LogP contribution in [0.25, 0.3) is 6.08 Å². The minimum Gasteiger partial charge on any atom is -0.469 e. The molecule has 1 amide bonds. The van der Waals surface area contributed by atoms with E-state index in [2.05, 4.69) is 4.90 Å². The molecule has 138 valence electrons. The standard InChI is InChI=1S/C19H27ClN2O3/c1-15(19(24)25-4)14-22(13-5-12-21(2)3)18(23)11-8-16-6-9-17(20)10-7-16/h6-11,15H,5,12-14H2,1-4H3/b11-8+. The summed E-state index contributed by atoms with van der Waals surface area (Å²) in [6.45, 7) is 3.56. The van der Waals surface area contributed by atoms with Crippen molar-refractivity contribution in [2.45, 2.75) is 13.3 Å². The van der Waals surface area contributed by atoms with Crippen molar-refractivity contribution in [2.24, 2.45) is 5.92 Å². The maximum atomic E-state index is 12.6. The van der Waals surface area contributed by atoms with Gasteiger partial charge >= 0.3 is 5.97 Å². The highest BCUT2D eigenvalue weighted by Crippen LogP contribution is 2.11. The summed E-state index contributed by atoms with van der Waals surface area (Å²) in [6.07, 6.45) is 4.12. The van der Waals surface area contributed by atoms with Crippen molar-refractivity contribution in [3.63, 3.8) is 0 Å². The third kappa shape index (κ3) is 8.18. The lowest BCUT2D eigenvalue weighted by molar-refractivity contribution is -0.146. The van der Waals surface area contributed by atoms with Crippen LogP contribution < -0.4 is 0 Å². The van der Waals surface area contributed by atoms with Gasteiger partial charge in [0.2, 0.25) is 5.91 Å². The lowest BCUT2D eigenvalue weighted by Crippen LogP contribution is -2.37. The molecular formula is C19H27ClN2O3. The number of carbonyl (C=O) groups is 2. The lowest BCUT2D eigenvalue weighted by atomic mass is 10.1. The average molecular weight is 367 g/mol. The Labute approximate surface area is 155 Å². The van der Waals surface area contributed by atoms with Crippen molar-refractivity contribution in [2.75, 3.05) is 40.8 Å². The SMILES string of the molecule is COC(=O)C(C)CN(CCCN(C)C)C(=O)/C=C/c1ccc(Cl)cc1. The molecule has 1 atom stereocenters. The van der Waals surface area contributed by atoms with Crippen LogP contribution in [0, 0.1) is 5.92 Å². The van der Waals surface area contributed by atoms with Gasteiger partial charge in [-0.15, -0.1) is 0 Å². The molecule has 0 saturated carbocycles. The Morgan fingerprint density at radius 3 is 2.40 bits per heavy atom. The molecule has 0 aliphatic rings. The Kier molecular flexibility index (Phi) is 9.24. The third-order valence-electron chi connectivity index (χ3n) is 3.73. The summed E-state index contributed by atoms with van der Waals surface area (Å²) < 4.78 is 4.76.